The molecule has 0 aliphatic heterocycles. The summed E-state index contributed by atoms with van der Waals surface area (Å²) in [5, 5.41) is 24.3. The standard InChI is InChI=1S/C23H19Cl2F4N5O3/c1-12(35)21-30-20(31-34(21)15-6-7-17(26)16(25)8-15)11-32-9-18(13-2-4-14(24)5-3-13)33(22(32)37)10-19(36)23(27,28)29/h2-9,12,19,35-36H,10-11H2,1H3. The Morgan fingerprint density at radius 2 is 1.76 bits per heavy atom. The van der Waals surface area contributed by atoms with Crippen LogP contribution >= 0.6 is 23.2 Å². The molecule has 2 aromatic carbocycles. The first-order chi connectivity index (χ1) is 17.3. The van der Waals surface area contributed by atoms with E-state index in [-0.39, 0.29) is 28.9 Å². The largest absolute Gasteiger partial charge is 0.416 e. The van der Waals surface area contributed by atoms with Gasteiger partial charge in [-0.15, -0.1) is 5.10 Å². The molecular weight excluding hydrogens is 541 g/mol. The normalized spacial score (nSPS) is 13.6. The van der Waals surface area contributed by atoms with Gasteiger partial charge in [-0.2, -0.15) is 13.2 Å². The SMILES string of the molecule is CC(O)c1nc(Cn2cc(-c3ccc(Cl)cc3)n(CC(O)C(F)(F)F)c2=O)nn1-c1ccc(F)c(Cl)c1. The number of aliphatic hydroxyl groups is 2. The highest BCUT2D eigenvalue weighted by atomic mass is 35.5. The second-order valence-corrected chi connectivity index (χ2v) is 9.02. The molecule has 0 spiro atoms. The van der Waals surface area contributed by atoms with Crippen LogP contribution in [0.4, 0.5) is 17.6 Å². The molecule has 2 heterocycles. The van der Waals surface area contributed by atoms with Gasteiger partial charge in [-0.3, -0.25) is 9.13 Å². The zero-order valence-electron chi connectivity index (χ0n) is 19.0. The molecule has 0 aliphatic rings. The number of halogens is 6. The summed E-state index contributed by atoms with van der Waals surface area (Å²) in [6, 6.07) is 9.82. The molecule has 196 valence electrons. The Kier molecular flexibility index (Phi) is 7.47. The summed E-state index contributed by atoms with van der Waals surface area (Å²) in [4.78, 5) is 17.4. The van der Waals surface area contributed by atoms with Crippen LogP contribution in [-0.4, -0.2) is 46.4 Å². The number of alkyl halides is 3. The highest BCUT2D eigenvalue weighted by Crippen LogP contribution is 2.26. The van der Waals surface area contributed by atoms with E-state index in [1.54, 1.807) is 0 Å². The maximum absolute atomic E-state index is 13.6. The minimum atomic E-state index is -4.94. The van der Waals surface area contributed by atoms with Crippen molar-refractivity contribution in [2.45, 2.75) is 38.4 Å². The molecule has 0 amide bonds. The zero-order valence-corrected chi connectivity index (χ0v) is 20.5. The molecule has 14 heteroatoms. The lowest BCUT2D eigenvalue weighted by molar-refractivity contribution is -0.207. The number of hydrogen-bond acceptors (Lipinski definition) is 5. The number of imidazole rings is 1. The molecule has 4 aromatic rings. The van der Waals surface area contributed by atoms with E-state index in [0.29, 0.717) is 16.3 Å². The van der Waals surface area contributed by atoms with Crippen LogP contribution in [0.5, 0.6) is 0 Å². The fourth-order valence-electron chi connectivity index (χ4n) is 3.61. The van der Waals surface area contributed by atoms with E-state index in [1.807, 2.05) is 0 Å². The van der Waals surface area contributed by atoms with Gasteiger partial charge in [0, 0.05) is 11.2 Å². The minimum Gasteiger partial charge on any atom is -0.385 e. The van der Waals surface area contributed by atoms with E-state index in [4.69, 9.17) is 23.2 Å². The van der Waals surface area contributed by atoms with E-state index >= 15 is 0 Å². The van der Waals surface area contributed by atoms with E-state index < -0.39 is 36.4 Å². The summed E-state index contributed by atoms with van der Waals surface area (Å²) in [5.41, 5.74) is -0.0710. The third kappa shape index (κ3) is 5.72. The monoisotopic (exact) mass is 559 g/mol. The van der Waals surface area contributed by atoms with E-state index in [1.165, 1.54) is 54.2 Å². The molecule has 0 saturated heterocycles. The lowest BCUT2D eigenvalue weighted by Crippen LogP contribution is -2.37. The van der Waals surface area contributed by atoms with Gasteiger partial charge < -0.3 is 10.2 Å². The molecule has 0 saturated carbocycles. The van der Waals surface area contributed by atoms with Crippen molar-refractivity contribution in [2.24, 2.45) is 0 Å². The number of aromatic nitrogens is 5. The van der Waals surface area contributed by atoms with Gasteiger partial charge in [-0.1, -0.05) is 35.3 Å². The Bertz CT molecular complexity index is 1480. The van der Waals surface area contributed by atoms with Crippen molar-refractivity contribution < 1.29 is 27.8 Å². The summed E-state index contributed by atoms with van der Waals surface area (Å²) < 4.78 is 55.9. The molecule has 2 atom stereocenters. The van der Waals surface area contributed by atoms with Crippen molar-refractivity contribution in [3.63, 3.8) is 0 Å². The lowest BCUT2D eigenvalue weighted by Gasteiger charge is -2.16. The van der Waals surface area contributed by atoms with Crippen LogP contribution < -0.4 is 5.69 Å². The van der Waals surface area contributed by atoms with Crippen molar-refractivity contribution in [3.05, 3.63) is 86.7 Å². The van der Waals surface area contributed by atoms with Gasteiger partial charge in [0.2, 0.25) is 0 Å². The molecular formula is C23H19Cl2F4N5O3. The highest BCUT2D eigenvalue weighted by Gasteiger charge is 2.39. The minimum absolute atomic E-state index is 0.0367. The summed E-state index contributed by atoms with van der Waals surface area (Å²) in [7, 11) is 0. The highest BCUT2D eigenvalue weighted by molar-refractivity contribution is 6.31. The van der Waals surface area contributed by atoms with Crippen LogP contribution in [-0.2, 0) is 13.1 Å². The molecule has 0 fully saturated rings. The van der Waals surface area contributed by atoms with Crippen molar-refractivity contribution in [1.82, 2.24) is 23.9 Å². The molecule has 0 bridgehead atoms. The van der Waals surface area contributed by atoms with E-state index in [9.17, 15) is 32.6 Å². The Hall–Kier alpha value is -3.19. The van der Waals surface area contributed by atoms with Crippen molar-refractivity contribution >= 4 is 23.2 Å². The second kappa shape index (κ2) is 10.3. The third-order valence-electron chi connectivity index (χ3n) is 5.43. The molecule has 2 aromatic heterocycles. The average molecular weight is 560 g/mol. The van der Waals surface area contributed by atoms with Crippen molar-refractivity contribution in [3.8, 4) is 16.9 Å². The average Bonchev–Trinajstić information content (AvgIpc) is 3.38. The molecule has 4 rings (SSSR count). The first kappa shape index (κ1) is 26.9. The number of hydrogen-bond donors (Lipinski definition) is 2. The molecule has 0 aliphatic carbocycles. The van der Waals surface area contributed by atoms with Gasteiger partial charge in [-0.25, -0.2) is 18.9 Å². The number of rotatable bonds is 7. The molecule has 0 radical (unpaired) electrons. The molecule has 8 nitrogen and oxygen atoms in total. The second-order valence-electron chi connectivity index (χ2n) is 8.17. The van der Waals surface area contributed by atoms with Gasteiger partial charge >= 0.3 is 11.9 Å². The fourth-order valence-corrected chi connectivity index (χ4v) is 3.91. The Labute approximate surface area is 216 Å². The van der Waals surface area contributed by atoms with Crippen molar-refractivity contribution in [2.75, 3.05) is 0 Å². The zero-order chi connectivity index (χ0) is 27.1. The third-order valence-corrected chi connectivity index (χ3v) is 5.97. The van der Waals surface area contributed by atoms with Crippen LogP contribution in [0.25, 0.3) is 16.9 Å². The summed E-state index contributed by atoms with van der Waals surface area (Å²) in [6.45, 7) is 0.105. The fraction of sp³-hybridized carbons (Fsp3) is 0.261. The topological polar surface area (TPSA) is 98.1 Å². The van der Waals surface area contributed by atoms with E-state index in [2.05, 4.69) is 10.1 Å². The summed E-state index contributed by atoms with van der Waals surface area (Å²) in [6.07, 6.45) is -7.53. The van der Waals surface area contributed by atoms with Gasteiger partial charge in [0.25, 0.3) is 0 Å². The number of benzene rings is 2. The van der Waals surface area contributed by atoms with Crippen LogP contribution in [0, 0.1) is 5.82 Å². The molecule has 2 unspecified atom stereocenters. The smallest absolute Gasteiger partial charge is 0.385 e. The van der Waals surface area contributed by atoms with Crippen LogP contribution in [0.15, 0.2) is 53.5 Å². The first-order valence-electron chi connectivity index (χ1n) is 10.7. The van der Waals surface area contributed by atoms with Crippen LogP contribution in [0.1, 0.15) is 24.7 Å². The van der Waals surface area contributed by atoms with Crippen LogP contribution in [0.3, 0.4) is 0 Å². The summed E-state index contributed by atoms with van der Waals surface area (Å²) in [5.74, 6) is -0.557. The maximum atomic E-state index is 13.6. The van der Waals surface area contributed by atoms with Crippen LogP contribution in [0.2, 0.25) is 10.0 Å². The number of aliphatic hydroxyl groups excluding tert-OH is 2. The Morgan fingerprint density at radius 1 is 1.08 bits per heavy atom. The predicted octanol–water partition coefficient (Wildman–Crippen LogP) is 4.37. The summed E-state index contributed by atoms with van der Waals surface area (Å²) >= 11 is 11.8. The maximum Gasteiger partial charge on any atom is 0.416 e. The number of nitrogens with zero attached hydrogens (tertiary/aromatic N) is 5. The predicted molar refractivity (Wildman–Crippen MR) is 127 cm³/mol. The van der Waals surface area contributed by atoms with Gasteiger partial charge in [0.1, 0.15) is 11.9 Å². The van der Waals surface area contributed by atoms with Crippen molar-refractivity contribution in [1.29, 1.82) is 0 Å². The lowest BCUT2D eigenvalue weighted by atomic mass is 10.1. The first-order valence-corrected chi connectivity index (χ1v) is 11.5. The van der Waals surface area contributed by atoms with E-state index in [0.717, 1.165) is 15.2 Å². The van der Waals surface area contributed by atoms with Gasteiger partial charge in [-0.05, 0) is 42.8 Å². The van der Waals surface area contributed by atoms with Gasteiger partial charge in [0.15, 0.2) is 17.8 Å². The Balaban J connectivity index is 1.77. The van der Waals surface area contributed by atoms with Gasteiger partial charge in [0.05, 0.1) is 29.5 Å². The molecule has 37 heavy (non-hydrogen) atoms. The Morgan fingerprint density at radius 3 is 2.35 bits per heavy atom. The quantitative estimate of drug-likeness (QED) is 0.328. The molecule has 2 N–H and O–H groups in total.